The quantitative estimate of drug-likeness (QED) is 0.456. The van der Waals surface area contributed by atoms with Gasteiger partial charge in [0.1, 0.15) is 11.6 Å². The summed E-state index contributed by atoms with van der Waals surface area (Å²) >= 11 is 0. The van der Waals surface area contributed by atoms with Gasteiger partial charge in [-0.2, -0.15) is 10.6 Å². The summed E-state index contributed by atoms with van der Waals surface area (Å²) < 4.78 is 47.5. The standard InChI is InChI=1S/C21H26F2N2O4S/c1-13(26)25-19(8-14-6-16(22)9-17(23)7-14)21(27)10-24-20-12-30(28,29)11-15-4-2-3-5-18(15)20/h2-7,9,19-21,24,27-29H,8,10-12H2,1H3,(H,25,26)/t19-,20?,21+/m0/s1. The molecule has 0 bridgehead atoms. The van der Waals surface area contributed by atoms with E-state index in [1.807, 2.05) is 24.3 Å². The van der Waals surface area contributed by atoms with E-state index >= 15 is 0 Å². The zero-order chi connectivity index (χ0) is 21.9. The van der Waals surface area contributed by atoms with Crippen molar-refractivity contribution in [1.29, 1.82) is 0 Å². The van der Waals surface area contributed by atoms with Gasteiger partial charge in [-0.05, 0) is 35.2 Å². The van der Waals surface area contributed by atoms with Gasteiger partial charge in [-0.25, -0.2) is 8.78 Å². The van der Waals surface area contributed by atoms with Crippen LogP contribution in [0.15, 0.2) is 42.5 Å². The molecule has 30 heavy (non-hydrogen) atoms. The number of carbonyl (C=O) groups excluding carboxylic acids is 1. The SMILES string of the molecule is CC(=O)N[C@@H](Cc1cc(F)cc(F)c1)[C@H](O)CNC1CS(O)(O)Cc2ccccc21. The van der Waals surface area contributed by atoms with Crippen molar-refractivity contribution in [2.75, 3.05) is 12.3 Å². The van der Waals surface area contributed by atoms with Gasteiger partial charge in [0.25, 0.3) is 0 Å². The van der Waals surface area contributed by atoms with Gasteiger partial charge in [-0.1, -0.05) is 24.3 Å². The first-order chi connectivity index (χ1) is 14.1. The third kappa shape index (κ3) is 5.99. The van der Waals surface area contributed by atoms with Crippen LogP contribution in [0.2, 0.25) is 0 Å². The van der Waals surface area contributed by atoms with Crippen LogP contribution in [0.1, 0.15) is 29.7 Å². The molecule has 1 aliphatic rings. The van der Waals surface area contributed by atoms with Crippen LogP contribution >= 0.6 is 10.6 Å². The summed E-state index contributed by atoms with van der Waals surface area (Å²) in [6.07, 6.45) is -1.04. The van der Waals surface area contributed by atoms with E-state index < -0.39 is 34.4 Å². The predicted molar refractivity (Wildman–Crippen MR) is 112 cm³/mol. The molecule has 0 aliphatic carbocycles. The molecule has 0 saturated heterocycles. The summed E-state index contributed by atoms with van der Waals surface area (Å²) in [6, 6.07) is 9.34. The second-order valence-electron chi connectivity index (χ2n) is 7.63. The van der Waals surface area contributed by atoms with Crippen molar-refractivity contribution in [2.45, 2.75) is 37.3 Å². The Bertz CT molecular complexity index is 892. The van der Waals surface area contributed by atoms with E-state index in [0.29, 0.717) is 5.56 Å². The van der Waals surface area contributed by atoms with Crippen LogP contribution in [0.3, 0.4) is 0 Å². The molecule has 0 spiro atoms. The molecular weight excluding hydrogens is 414 g/mol. The van der Waals surface area contributed by atoms with Gasteiger partial charge in [0.2, 0.25) is 5.91 Å². The molecule has 164 valence electrons. The number of benzene rings is 2. The molecule has 3 atom stereocenters. The van der Waals surface area contributed by atoms with E-state index in [1.165, 1.54) is 6.92 Å². The Morgan fingerprint density at radius 3 is 2.53 bits per heavy atom. The Labute approximate surface area is 175 Å². The third-order valence-corrected chi connectivity index (χ3v) is 6.70. The zero-order valence-corrected chi connectivity index (χ0v) is 17.3. The third-order valence-electron chi connectivity index (χ3n) is 5.06. The normalized spacial score (nSPS) is 20.7. The van der Waals surface area contributed by atoms with Crippen LogP contribution in [-0.2, 0) is 17.0 Å². The van der Waals surface area contributed by atoms with Crippen LogP contribution in [0, 0.1) is 11.6 Å². The maximum atomic E-state index is 13.5. The molecule has 6 nitrogen and oxygen atoms in total. The number of halogens is 2. The molecule has 1 amide bonds. The largest absolute Gasteiger partial charge is 0.390 e. The van der Waals surface area contributed by atoms with Gasteiger partial charge in [0, 0.05) is 19.5 Å². The average Bonchev–Trinajstić information content (AvgIpc) is 2.63. The fourth-order valence-corrected chi connectivity index (χ4v) is 5.48. The van der Waals surface area contributed by atoms with Crippen molar-refractivity contribution < 1.29 is 27.8 Å². The molecule has 1 aliphatic heterocycles. The Morgan fingerprint density at radius 1 is 1.20 bits per heavy atom. The molecule has 0 aromatic heterocycles. The molecule has 0 radical (unpaired) electrons. The van der Waals surface area contributed by atoms with Gasteiger partial charge in [-0.15, -0.1) is 0 Å². The van der Waals surface area contributed by atoms with E-state index in [2.05, 4.69) is 10.6 Å². The molecule has 0 saturated carbocycles. The summed E-state index contributed by atoms with van der Waals surface area (Å²) in [5.41, 5.74) is 2.08. The molecule has 2 aromatic rings. The topological polar surface area (TPSA) is 102 Å². The van der Waals surface area contributed by atoms with Crippen molar-refractivity contribution in [1.82, 2.24) is 10.6 Å². The lowest BCUT2D eigenvalue weighted by Crippen LogP contribution is -2.49. The minimum absolute atomic E-state index is 0.0353. The van der Waals surface area contributed by atoms with Gasteiger partial charge >= 0.3 is 0 Å². The van der Waals surface area contributed by atoms with E-state index in [-0.39, 0.29) is 36.4 Å². The van der Waals surface area contributed by atoms with Crippen LogP contribution in [0.25, 0.3) is 0 Å². The van der Waals surface area contributed by atoms with Gasteiger partial charge in [0.05, 0.1) is 29.7 Å². The number of rotatable bonds is 7. The Hall–Kier alpha value is -2.04. The first-order valence-electron chi connectivity index (χ1n) is 9.58. The second kappa shape index (κ2) is 9.40. The average molecular weight is 441 g/mol. The number of amides is 1. The zero-order valence-electron chi connectivity index (χ0n) is 16.5. The van der Waals surface area contributed by atoms with Crippen LogP contribution in [0.5, 0.6) is 0 Å². The molecule has 1 heterocycles. The highest BCUT2D eigenvalue weighted by molar-refractivity contribution is 8.23. The number of aliphatic hydroxyl groups excluding tert-OH is 1. The lowest BCUT2D eigenvalue weighted by molar-refractivity contribution is -0.120. The molecule has 1 unspecified atom stereocenters. The number of hydrogen-bond acceptors (Lipinski definition) is 5. The minimum atomic E-state index is -2.79. The van der Waals surface area contributed by atoms with Crippen molar-refractivity contribution in [3.05, 3.63) is 70.8 Å². The second-order valence-corrected chi connectivity index (χ2v) is 9.86. The lowest BCUT2D eigenvalue weighted by atomic mass is 9.99. The molecule has 5 N–H and O–H groups in total. The monoisotopic (exact) mass is 440 g/mol. The Morgan fingerprint density at radius 2 is 1.87 bits per heavy atom. The summed E-state index contributed by atoms with van der Waals surface area (Å²) in [4.78, 5) is 11.6. The lowest BCUT2D eigenvalue weighted by Gasteiger charge is -2.42. The highest BCUT2D eigenvalue weighted by atomic mass is 32.3. The summed E-state index contributed by atoms with van der Waals surface area (Å²) in [5, 5.41) is 16.5. The van der Waals surface area contributed by atoms with E-state index in [9.17, 15) is 27.8 Å². The number of hydrogen-bond donors (Lipinski definition) is 5. The maximum absolute atomic E-state index is 13.5. The fraction of sp³-hybridized carbons (Fsp3) is 0.381. The minimum Gasteiger partial charge on any atom is -0.390 e. The van der Waals surface area contributed by atoms with Crippen LogP contribution < -0.4 is 10.6 Å². The molecular formula is C21H26F2N2O4S. The smallest absolute Gasteiger partial charge is 0.217 e. The van der Waals surface area contributed by atoms with Crippen molar-refractivity contribution in [3.8, 4) is 0 Å². The number of aliphatic hydroxyl groups is 1. The summed E-state index contributed by atoms with van der Waals surface area (Å²) in [6.45, 7) is 1.34. The van der Waals surface area contributed by atoms with Crippen LogP contribution in [0.4, 0.5) is 8.78 Å². The highest BCUT2D eigenvalue weighted by Gasteiger charge is 2.31. The van der Waals surface area contributed by atoms with Gasteiger partial charge in [0.15, 0.2) is 0 Å². The number of fused-ring (bicyclic) bond motifs is 1. The maximum Gasteiger partial charge on any atom is 0.217 e. The predicted octanol–water partition coefficient (Wildman–Crippen LogP) is 2.97. The Kier molecular flexibility index (Phi) is 7.10. The first kappa shape index (κ1) is 22.6. The van der Waals surface area contributed by atoms with E-state index in [1.54, 1.807) is 0 Å². The number of carbonyl (C=O) groups is 1. The molecule has 3 rings (SSSR count). The summed E-state index contributed by atoms with van der Waals surface area (Å²) in [7, 11) is -2.79. The van der Waals surface area contributed by atoms with Gasteiger partial charge < -0.3 is 15.7 Å². The Balaban J connectivity index is 1.71. The van der Waals surface area contributed by atoms with Crippen molar-refractivity contribution >= 4 is 16.5 Å². The van der Waals surface area contributed by atoms with Gasteiger partial charge in [-0.3, -0.25) is 13.9 Å². The molecule has 0 fully saturated rings. The van der Waals surface area contributed by atoms with Crippen molar-refractivity contribution in [3.63, 3.8) is 0 Å². The number of nitrogens with one attached hydrogen (secondary N) is 2. The molecule has 2 aromatic carbocycles. The van der Waals surface area contributed by atoms with E-state index in [4.69, 9.17) is 0 Å². The van der Waals surface area contributed by atoms with Crippen molar-refractivity contribution in [2.24, 2.45) is 0 Å². The highest BCUT2D eigenvalue weighted by Crippen LogP contribution is 2.50. The first-order valence-corrected chi connectivity index (χ1v) is 11.5. The van der Waals surface area contributed by atoms with E-state index in [0.717, 1.165) is 29.3 Å². The molecule has 9 heteroatoms. The van der Waals surface area contributed by atoms with Crippen LogP contribution in [-0.4, -0.2) is 44.6 Å². The summed E-state index contributed by atoms with van der Waals surface area (Å²) in [5.74, 6) is -1.53. The fourth-order valence-electron chi connectivity index (χ4n) is 3.77.